The van der Waals surface area contributed by atoms with Crippen LogP contribution >= 0.6 is 0 Å². The zero-order chi connectivity index (χ0) is 23.6. The monoisotopic (exact) mass is 448 g/mol. The predicted molar refractivity (Wildman–Crippen MR) is 124 cm³/mol. The molecule has 3 aromatic carbocycles. The van der Waals surface area contributed by atoms with Gasteiger partial charge in [-0.15, -0.1) is 0 Å². The Morgan fingerprint density at radius 3 is 2.12 bits per heavy atom. The average molecular weight is 448 g/mol. The first kappa shape index (κ1) is 23.3. The van der Waals surface area contributed by atoms with Gasteiger partial charge in [-0.05, 0) is 68.4 Å². The van der Waals surface area contributed by atoms with Crippen LogP contribution in [0.2, 0.25) is 0 Å². The van der Waals surface area contributed by atoms with Gasteiger partial charge in [0.15, 0.2) is 6.61 Å². The topological polar surface area (TPSA) is 103 Å². The van der Waals surface area contributed by atoms with Crippen LogP contribution in [0.1, 0.15) is 22.8 Å². The number of carbonyl (C=O) groups excluding carboxylic acids is 3. The minimum absolute atomic E-state index is 0.139. The van der Waals surface area contributed by atoms with Crippen molar-refractivity contribution in [2.45, 2.75) is 13.8 Å². The highest BCUT2D eigenvalue weighted by molar-refractivity contribution is 6.04. The van der Waals surface area contributed by atoms with Gasteiger partial charge in [0.25, 0.3) is 11.8 Å². The molecular weight excluding hydrogens is 424 g/mol. The Balaban J connectivity index is 1.53. The van der Waals surface area contributed by atoms with Crippen molar-refractivity contribution in [3.05, 3.63) is 83.9 Å². The lowest BCUT2D eigenvalue weighted by atomic mass is 10.2. The minimum atomic E-state index is -0.808. The fourth-order valence-electron chi connectivity index (χ4n) is 2.78. The number of carbonyl (C=O) groups is 3. The molecule has 0 atom stereocenters. The van der Waals surface area contributed by atoms with E-state index in [4.69, 9.17) is 14.2 Å². The van der Waals surface area contributed by atoms with Crippen LogP contribution in [0.3, 0.4) is 0 Å². The molecule has 0 aliphatic carbocycles. The van der Waals surface area contributed by atoms with Gasteiger partial charge in [0.1, 0.15) is 11.5 Å². The summed E-state index contributed by atoms with van der Waals surface area (Å²) in [6.07, 6.45) is -0.808. The number of hydrogen-bond donors (Lipinski definition) is 2. The molecule has 2 N–H and O–H groups in total. The van der Waals surface area contributed by atoms with Crippen LogP contribution in [0, 0.1) is 6.92 Å². The summed E-state index contributed by atoms with van der Waals surface area (Å²) in [5.41, 5.74) is 2.49. The normalized spacial score (nSPS) is 10.1. The summed E-state index contributed by atoms with van der Waals surface area (Å²) in [5, 5.41) is 5.50. The highest BCUT2D eigenvalue weighted by Crippen LogP contribution is 2.18. The smallest absolute Gasteiger partial charge is 0.484 e. The molecule has 0 spiro atoms. The Kier molecular flexibility index (Phi) is 8.02. The van der Waals surface area contributed by atoms with Gasteiger partial charge in [-0.3, -0.25) is 9.59 Å². The number of aryl methyl sites for hydroxylation is 1. The molecule has 0 fully saturated rings. The van der Waals surface area contributed by atoms with E-state index in [0.29, 0.717) is 22.7 Å². The van der Waals surface area contributed by atoms with Crippen molar-refractivity contribution in [2.75, 3.05) is 23.8 Å². The van der Waals surface area contributed by atoms with E-state index in [1.54, 1.807) is 43.3 Å². The summed E-state index contributed by atoms with van der Waals surface area (Å²) in [4.78, 5) is 36.0. The van der Waals surface area contributed by atoms with Crippen LogP contribution in [0.15, 0.2) is 72.8 Å². The first-order valence-electron chi connectivity index (χ1n) is 10.3. The van der Waals surface area contributed by atoms with E-state index in [-0.39, 0.29) is 30.8 Å². The van der Waals surface area contributed by atoms with Gasteiger partial charge in [0.2, 0.25) is 0 Å². The third-order valence-electron chi connectivity index (χ3n) is 4.37. The average Bonchev–Trinajstić information content (AvgIpc) is 2.79. The van der Waals surface area contributed by atoms with E-state index in [1.165, 1.54) is 24.3 Å². The summed E-state index contributed by atoms with van der Waals surface area (Å²) >= 11 is 0. The van der Waals surface area contributed by atoms with Crippen LogP contribution in [0.5, 0.6) is 11.5 Å². The summed E-state index contributed by atoms with van der Waals surface area (Å²) in [6, 6.07) is 20.2. The molecule has 0 saturated carbocycles. The van der Waals surface area contributed by atoms with E-state index >= 15 is 0 Å². The standard InChI is InChI=1S/C25H24N2O6/c1-3-31-25(30)33-22-13-9-18(10-14-22)24(29)27-20-6-4-5-19(15-20)26-23(28)16-32-21-11-7-17(2)8-12-21/h4-15H,3,16H2,1-2H3,(H,26,28)(H,27,29). The highest BCUT2D eigenvalue weighted by atomic mass is 16.7. The number of hydrogen-bond acceptors (Lipinski definition) is 6. The lowest BCUT2D eigenvalue weighted by Crippen LogP contribution is -2.20. The second-order valence-corrected chi connectivity index (χ2v) is 6.99. The molecule has 0 heterocycles. The molecule has 8 nitrogen and oxygen atoms in total. The van der Waals surface area contributed by atoms with Crippen molar-refractivity contribution in [1.29, 1.82) is 0 Å². The van der Waals surface area contributed by atoms with E-state index in [1.807, 2.05) is 19.1 Å². The van der Waals surface area contributed by atoms with Crippen molar-refractivity contribution in [3.63, 3.8) is 0 Å². The third kappa shape index (κ3) is 7.39. The number of anilines is 2. The maximum atomic E-state index is 12.5. The Bertz CT molecular complexity index is 1110. The SMILES string of the molecule is CCOC(=O)Oc1ccc(C(=O)Nc2cccc(NC(=O)COc3ccc(C)cc3)c2)cc1. The zero-order valence-electron chi connectivity index (χ0n) is 18.3. The number of nitrogens with one attached hydrogen (secondary N) is 2. The second kappa shape index (κ2) is 11.3. The maximum absolute atomic E-state index is 12.5. The van der Waals surface area contributed by atoms with Gasteiger partial charge in [-0.25, -0.2) is 4.79 Å². The molecule has 170 valence electrons. The van der Waals surface area contributed by atoms with Crippen LogP contribution in [0.25, 0.3) is 0 Å². The van der Waals surface area contributed by atoms with Crippen molar-refractivity contribution >= 4 is 29.3 Å². The molecule has 33 heavy (non-hydrogen) atoms. The fourth-order valence-corrected chi connectivity index (χ4v) is 2.78. The second-order valence-electron chi connectivity index (χ2n) is 6.99. The molecular formula is C25H24N2O6. The molecule has 0 saturated heterocycles. The Labute approximate surface area is 191 Å². The van der Waals surface area contributed by atoms with E-state index < -0.39 is 6.16 Å². The Hall–Kier alpha value is -4.33. The number of benzene rings is 3. The van der Waals surface area contributed by atoms with Crippen molar-refractivity contribution in [3.8, 4) is 11.5 Å². The van der Waals surface area contributed by atoms with Crippen molar-refractivity contribution in [2.24, 2.45) is 0 Å². The largest absolute Gasteiger partial charge is 0.513 e. The number of amides is 2. The summed E-state index contributed by atoms with van der Waals surface area (Å²) in [6.45, 7) is 3.71. The van der Waals surface area contributed by atoms with E-state index in [2.05, 4.69) is 10.6 Å². The lowest BCUT2D eigenvalue weighted by molar-refractivity contribution is -0.118. The van der Waals surface area contributed by atoms with Gasteiger partial charge in [-0.1, -0.05) is 23.8 Å². The van der Waals surface area contributed by atoms with Crippen LogP contribution in [-0.2, 0) is 9.53 Å². The molecule has 0 unspecified atom stereocenters. The van der Waals surface area contributed by atoms with Crippen LogP contribution in [0.4, 0.5) is 16.2 Å². The van der Waals surface area contributed by atoms with Crippen LogP contribution < -0.4 is 20.1 Å². The highest BCUT2D eigenvalue weighted by Gasteiger charge is 2.10. The molecule has 8 heteroatoms. The molecule has 2 amide bonds. The minimum Gasteiger partial charge on any atom is -0.484 e. The maximum Gasteiger partial charge on any atom is 0.513 e. The molecule has 0 aliphatic heterocycles. The van der Waals surface area contributed by atoms with Crippen molar-refractivity contribution in [1.82, 2.24) is 0 Å². The van der Waals surface area contributed by atoms with E-state index in [0.717, 1.165) is 5.56 Å². The zero-order valence-corrected chi connectivity index (χ0v) is 18.3. The van der Waals surface area contributed by atoms with E-state index in [9.17, 15) is 14.4 Å². The Morgan fingerprint density at radius 1 is 0.818 bits per heavy atom. The fraction of sp³-hybridized carbons (Fsp3) is 0.160. The molecule has 0 bridgehead atoms. The summed E-state index contributed by atoms with van der Waals surface area (Å²) < 4.78 is 15.1. The predicted octanol–water partition coefficient (Wildman–Crippen LogP) is 4.80. The number of rotatable bonds is 8. The molecule has 3 rings (SSSR count). The van der Waals surface area contributed by atoms with Crippen molar-refractivity contribution < 1.29 is 28.6 Å². The quantitative estimate of drug-likeness (QED) is 0.379. The van der Waals surface area contributed by atoms with Crippen LogP contribution in [-0.4, -0.2) is 31.2 Å². The van der Waals surface area contributed by atoms with Gasteiger partial charge < -0.3 is 24.8 Å². The molecule has 0 radical (unpaired) electrons. The number of ether oxygens (including phenoxy) is 3. The lowest BCUT2D eigenvalue weighted by Gasteiger charge is -2.10. The molecule has 3 aromatic rings. The summed E-state index contributed by atoms with van der Waals surface area (Å²) in [7, 11) is 0. The first-order chi connectivity index (χ1) is 15.9. The van der Waals surface area contributed by atoms with Gasteiger partial charge in [0, 0.05) is 16.9 Å². The van der Waals surface area contributed by atoms with Gasteiger partial charge in [0.05, 0.1) is 6.61 Å². The molecule has 0 aromatic heterocycles. The Morgan fingerprint density at radius 2 is 1.45 bits per heavy atom. The summed E-state index contributed by atoms with van der Waals surface area (Å²) in [5.74, 6) is 0.193. The third-order valence-corrected chi connectivity index (χ3v) is 4.37. The van der Waals surface area contributed by atoms with Gasteiger partial charge >= 0.3 is 6.16 Å². The molecule has 0 aliphatic rings. The first-order valence-corrected chi connectivity index (χ1v) is 10.3. The van der Waals surface area contributed by atoms with Gasteiger partial charge in [-0.2, -0.15) is 0 Å².